The van der Waals surface area contributed by atoms with Crippen LogP contribution in [0.5, 0.6) is 11.5 Å². The summed E-state index contributed by atoms with van der Waals surface area (Å²) in [5.74, 6) is 0.734. The minimum Gasteiger partial charge on any atom is -0.497 e. The van der Waals surface area contributed by atoms with Crippen molar-refractivity contribution in [2.75, 3.05) is 33.4 Å². The van der Waals surface area contributed by atoms with E-state index in [0.717, 1.165) is 29.1 Å². The van der Waals surface area contributed by atoms with Crippen molar-refractivity contribution in [1.29, 1.82) is 0 Å². The summed E-state index contributed by atoms with van der Waals surface area (Å²) in [5, 5.41) is 20.2. The number of hydrogen-bond donors (Lipinski definition) is 2. The number of benzene rings is 1. The van der Waals surface area contributed by atoms with E-state index in [2.05, 4.69) is 11.0 Å². The number of carbonyl (C=O) groups is 1. The molecular formula is C20H27NO5. The van der Waals surface area contributed by atoms with Crippen LogP contribution in [0.1, 0.15) is 31.7 Å². The van der Waals surface area contributed by atoms with Crippen molar-refractivity contribution in [2.24, 2.45) is 5.41 Å². The molecule has 3 rings (SSSR count). The number of piperidine rings is 1. The van der Waals surface area contributed by atoms with Crippen molar-refractivity contribution in [3.8, 4) is 11.5 Å². The highest BCUT2D eigenvalue weighted by Gasteiger charge is 2.47. The lowest BCUT2D eigenvalue weighted by atomic mass is 9.72. The summed E-state index contributed by atoms with van der Waals surface area (Å²) in [6.07, 6.45) is 2.97. The van der Waals surface area contributed by atoms with Crippen molar-refractivity contribution in [1.82, 2.24) is 4.90 Å². The smallest absolute Gasteiger partial charge is 0.312 e. The third kappa shape index (κ3) is 3.57. The largest absolute Gasteiger partial charge is 0.497 e. The Morgan fingerprint density at radius 2 is 2.27 bits per heavy atom. The summed E-state index contributed by atoms with van der Waals surface area (Å²) in [6.45, 7) is 4.15. The van der Waals surface area contributed by atoms with Gasteiger partial charge in [0, 0.05) is 18.7 Å². The Balaban J connectivity index is 1.69. The van der Waals surface area contributed by atoms with Gasteiger partial charge in [-0.2, -0.15) is 0 Å². The molecular weight excluding hydrogens is 334 g/mol. The van der Waals surface area contributed by atoms with Crippen LogP contribution in [-0.2, 0) is 4.79 Å². The molecule has 0 unspecified atom stereocenters. The first-order chi connectivity index (χ1) is 12.5. The molecule has 2 aliphatic heterocycles. The number of fused-ring (bicyclic) bond motifs is 1. The van der Waals surface area contributed by atoms with Gasteiger partial charge in [-0.1, -0.05) is 13.3 Å². The molecule has 0 saturated carbocycles. The van der Waals surface area contributed by atoms with E-state index in [9.17, 15) is 15.0 Å². The van der Waals surface area contributed by atoms with E-state index in [4.69, 9.17) is 9.47 Å². The van der Waals surface area contributed by atoms with Crippen LogP contribution in [0.3, 0.4) is 0 Å². The number of rotatable bonds is 6. The Bertz CT molecular complexity index is 701. The molecule has 142 valence electrons. The fourth-order valence-corrected chi connectivity index (χ4v) is 3.98. The highest BCUT2D eigenvalue weighted by molar-refractivity contribution is 5.75. The van der Waals surface area contributed by atoms with Gasteiger partial charge in [0.05, 0.1) is 18.6 Å². The number of carboxylic acids is 1. The van der Waals surface area contributed by atoms with E-state index in [1.807, 2.05) is 25.1 Å². The van der Waals surface area contributed by atoms with Gasteiger partial charge < -0.3 is 19.7 Å². The average molecular weight is 361 g/mol. The lowest BCUT2D eigenvalue weighted by Crippen LogP contribution is -2.55. The predicted octanol–water partition coefficient (Wildman–Crippen LogP) is 2.41. The van der Waals surface area contributed by atoms with E-state index in [0.29, 0.717) is 39.1 Å². The first kappa shape index (κ1) is 18.7. The summed E-state index contributed by atoms with van der Waals surface area (Å²) >= 11 is 0. The van der Waals surface area contributed by atoms with E-state index in [1.54, 1.807) is 7.11 Å². The highest BCUT2D eigenvalue weighted by atomic mass is 16.5. The van der Waals surface area contributed by atoms with E-state index in [-0.39, 0.29) is 0 Å². The van der Waals surface area contributed by atoms with Crippen molar-refractivity contribution in [2.45, 2.75) is 32.3 Å². The number of β-amino-alcohol motifs (C(OH)–C–C–N with tert-alkyl or cyclic N) is 1. The fourth-order valence-electron chi connectivity index (χ4n) is 3.98. The first-order valence-electron chi connectivity index (χ1n) is 9.12. The molecule has 2 heterocycles. The predicted molar refractivity (Wildman–Crippen MR) is 98.5 cm³/mol. The average Bonchev–Trinajstić information content (AvgIpc) is 2.63. The molecule has 0 aromatic heterocycles. The van der Waals surface area contributed by atoms with Crippen molar-refractivity contribution >= 4 is 12.0 Å². The zero-order chi connectivity index (χ0) is 18.7. The second kappa shape index (κ2) is 7.68. The normalized spacial score (nSPS) is 25.8. The number of carboxylic acid groups (broad SMARTS) is 1. The van der Waals surface area contributed by atoms with Gasteiger partial charge in [0.2, 0.25) is 0 Å². The summed E-state index contributed by atoms with van der Waals surface area (Å²) in [6, 6.07) is 5.71. The first-order valence-corrected chi connectivity index (χ1v) is 9.12. The molecule has 1 aromatic carbocycles. The second-order valence-electron chi connectivity index (χ2n) is 7.21. The zero-order valence-electron chi connectivity index (χ0n) is 15.4. The van der Waals surface area contributed by atoms with Gasteiger partial charge in [0.25, 0.3) is 0 Å². The maximum Gasteiger partial charge on any atom is 0.312 e. The van der Waals surface area contributed by atoms with Crippen LogP contribution in [0, 0.1) is 5.41 Å². The van der Waals surface area contributed by atoms with E-state index < -0.39 is 17.5 Å². The summed E-state index contributed by atoms with van der Waals surface area (Å²) < 4.78 is 11.1. The molecule has 0 amide bonds. The van der Waals surface area contributed by atoms with Crippen LogP contribution in [0.15, 0.2) is 23.8 Å². The number of aliphatic carboxylic acids is 1. The molecule has 26 heavy (non-hydrogen) atoms. The van der Waals surface area contributed by atoms with Gasteiger partial charge in [0.1, 0.15) is 18.1 Å². The molecule has 0 bridgehead atoms. The number of nitrogens with zero attached hydrogens (tertiary/aromatic N) is 1. The van der Waals surface area contributed by atoms with E-state index in [1.165, 1.54) is 0 Å². The molecule has 6 heteroatoms. The van der Waals surface area contributed by atoms with Crippen LogP contribution < -0.4 is 9.47 Å². The standard InChI is InChI=1S/C20H27NO5/c1-3-6-20(19(23)24)7-8-21(12-18(20)22)11-14-9-15-10-16(25-2)4-5-17(15)26-13-14/h4-5,9-10,18,22H,3,6-8,11-13H2,1-2H3,(H,23,24)/t18-,20-/m0/s1. The van der Waals surface area contributed by atoms with Crippen LogP contribution in [0.4, 0.5) is 0 Å². The summed E-state index contributed by atoms with van der Waals surface area (Å²) in [5.41, 5.74) is 1.08. The summed E-state index contributed by atoms with van der Waals surface area (Å²) in [4.78, 5) is 13.9. The van der Waals surface area contributed by atoms with Crippen LogP contribution >= 0.6 is 0 Å². The third-order valence-corrected chi connectivity index (χ3v) is 5.48. The molecule has 6 nitrogen and oxygen atoms in total. The molecule has 2 N–H and O–H groups in total. The molecule has 0 aliphatic carbocycles. The Kier molecular flexibility index (Phi) is 5.53. The number of hydrogen-bond acceptors (Lipinski definition) is 5. The molecule has 1 fully saturated rings. The highest BCUT2D eigenvalue weighted by Crippen LogP contribution is 2.37. The van der Waals surface area contributed by atoms with Crippen LogP contribution in [0.25, 0.3) is 6.08 Å². The molecule has 1 saturated heterocycles. The van der Waals surface area contributed by atoms with Gasteiger partial charge in [-0.15, -0.1) is 0 Å². The monoisotopic (exact) mass is 361 g/mol. The lowest BCUT2D eigenvalue weighted by Gasteiger charge is -2.43. The van der Waals surface area contributed by atoms with Crippen molar-refractivity contribution in [3.05, 3.63) is 29.3 Å². The van der Waals surface area contributed by atoms with Gasteiger partial charge in [0.15, 0.2) is 0 Å². The second-order valence-corrected chi connectivity index (χ2v) is 7.21. The molecule has 2 atom stereocenters. The van der Waals surface area contributed by atoms with Crippen molar-refractivity contribution in [3.63, 3.8) is 0 Å². The maximum atomic E-state index is 11.7. The maximum absolute atomic E-state index is 11.7. The quantitative estimate of drug-likeness (QED) is 0.810. The summed E-state index contributed by atoms with van der Waals surface area (Å²) in [7, 11) is 1.64. The zero-order valence-corrected chi connectivity index (χ0v) is 15.4. The minimum atomic E-state index is -1.01. The number of ether oxygens (including phenoxy) is 2. The Hall–Kier alpha value is -2.05. The van der Waals surface area contributed by atoms with Gasteiger partial charge >= 0.3 is 5.97 Å². The Morgan fingerprint density at radius 1 is 1.46 bits per heavy atom. The third-order valence-electron chi connectivity index (χ3n) is 5.48. The van der Waals surface area contributed by atoms with Gasteiger partial charge in [-0.3, -0.25) is 9.69 Å². The lowest BCUT2D eigenvalue weighted by molar-refractivity contribution is -0.163. The minimum absolute atomic E-state index is 0.370. The molecule has 1 aromatic rings. The number of likely N-dealkylation sites (tertiary alicyclic amines) is 1. The van der Waals surface area contributed by atoms with Crippen molar-refractivity contribution < 1.29 is 24.5 Å². The topological polar surface area (TPSA) is 79.2 Å². The van der Waals surface area contributed by atoms with Gasteiger partial charge in [-0.25, -0.2) is 0 Å². The number of methoxy groups -OCH3 is 1. The molecule has 2 aliphatic rings. The Labute approximate surface area is 154 Å². The van der Waals surface area contributed by atoms with Gasteiger partial charge in [-0.05, 0) is 49.2 Å². The molecule has 0 radical (unpaired) electrons. The van der Waals surface area contributed by atoms with Crippen LogP contribution in [0.2, 0.25) is 0 Å². The number of aliphatic hydroxyl groups excluding tert-OH is 1. The fraction of sp³-hybridized carbons (Fsp3) is 0.550. The van der Waals surface area contributed by atoms with E-state index >= 15 is 0 Å². The van der Waals surface area contributed by atoms with Crippen LogP contribution in [-0.4, -0.2) is 60.5 Å². The Morgan fingerprint density at radius 3 is 2.92 bits per heavy atom. The SMILES string of the molecule is CCC[C@]1(C(=O)O)CCN(CC2=Cc3cc(OC)ccc3OC2)C[C@@H]1O. The number of aliphatic hydroxyl groups is 1. The molecule has 0 spiro atoms.